The topological polar surface area (TPSA) is 103 Å². The van der Waals surface area contributed by atoms with Gasteiger partial charge in [0.15, 0.2) is 0 Å². The van der Waals surface area contributed by atoms with Crippen LogP contribution in [0.3, 0.4) is 0 Å². The van der Waals surface area contributed by atoms with E-state index in [0.29, 0.717) is 11.4 Å². The number of nitro groups is 1. The lowest BCUT2D eigenvalue weighted by Crippen LogP contribution is -2.26. The lowest BCUT2D eigenvalue weighted by molar-refractivity contribution is -0.385. The zero-order chi connectivity index (χ0) is 16.1. The number of ether oxygens (including phenoxy) is 1. The van der Waals surface area contributed by atoms with Crippen molar-refractivity contribution in [2.75, 3.05) is 12.4 Å². The van der Waals surface area contributed by atoms with Crippen LogP contribution in [0.25, 0.3) is 0 Å². The summed E-state index contributed by atoms with van der Waals surface area (Å²) >= 11 is 0. The van der Waals surface area contributed by atoms with Crippen LogP contribution in [0.1, 0.15) is 0 Å². The molecule has 114 valence electrons. The third-order valence-electron chi connectivity index (χ3n) is 2.85. The predicted octanol–water partition coefficient (Wildman–Crippen LogP) is 1.40. The second-order valence-corrected chi connectivity index (χ2v) is 4.39. The van der Waals surface area contributed by atoms with E-state index in [1.807, 2.05) is 0 Å². The molecule has 1 N–H and O–H groups in total. The summed E-state index contributed by atoms with van der Waals surface area (Å²) in [4.78, 5) is 33.6. The Bertz CT molecular complexity index is 769. The molecular weight excluding hydrogens is 290 g/mol. The van der Waals surface area contributed by atoms with Crippen molar-refractivity contribution in [3.63, 3.8) is 0 Å². The Kier molecular flexibility index (Phi) is 4.52. The van der Waals surface area contributed by atoms with E-state index in [4.69, 9.17) is 4.74 Å². The van der Waals surface area contributed by atoms with Gasteiger partial charge in [-0.2, -0.15) is 0 Å². The summed E-state index contributed by atoms with van der Waals surface area (Å²) in [5.41, 5.74) is -0.247. The smallest absolute Gasteiger partial charge is 0.285 e. The Labute approximate surface area is 125 Å². The van der Waals surface area contributed by atoms with Crippen LogP contribution in [-0.4, -0.2) is 22.5 Å². The summed E-state index contributed by atoms with van der Waals surface area (Å²) in [6.07, 6.45) is 1.04. The van der Waals surface area contributed by atoms with Gasteiger partial charge in [-0.1, -0.05) is 6.07 Å². The zero-order valence-electron chi connectivity index (χ0n) is 11.7. The zero-order valence-corrected chi connectivity index (χ0v) is 11.7. The van der Waals surface area contributed by atoms with Gasteiger partial charge in [0.1, 0.15) is 12.3 Å². The maximum absolute atomic E-state index is 11.9. The summed E-state index contributed by atoms with van der Waals surface area (Å²) in [6, 6.07) is 8.86. The molecule has 2 rings (SSSR count). The molecule has 0 aliphatic heterocycles. The number of hydrogen-bond acceptors (Lipinski definition) is 5. The standard InChI is InChI=1S/C14H13N3O5/c1-22-12-4-2-3-10(7-12)15-13(18)9-16-8-11(17(20)21)5-6-14(16)19/h2-8H,9H2,1H3,(H,15,18). The summed E-state index contributed by atoms with van der Waals surface area (Å²) < 4.78 is 6.01. The van der Waals surface area contributed by atoms with Gasteiger partial charge in [0.25, 0.3) is 11.2 Å². The second kappa shape index (κ2) is 6.53. The number of carbonyl (C=O) groups excluding carboxylic acids is 1. The van der Waals surface area contributed by atoms with E-state index in [2.05, 4.69) is 5.32 Å². The fourth-order valence-electron chi connectivity index (χ4n) is 1.81. The average molecular weight is 303 g/mol. The molecule has 1 aromatic carbocycles. The SMILES string of the molecule is COc1cccc(NC(=O)Cn2cc([N+](=O)[O-])ccc2=O)c1. The van der Waals surface area contributed by atoms with Crippen molar-refractivity contribution < 1.29 is 14.5 Å². The first-order chi connectivity index (χ1) is 10.5. The van der Waals surface area contributed by atoms with Crippen molar-refractivity contribution in [1.29, 1.82) is 0 Å². The largest absolute Gasteiger partial charge is 0.497 e. The van der Waals surface area contributed by atoms with Gasteiger partial charge in [-0.3, -0.25) is 24.3 Å². The summed E-state index contributed by atoms with van der Waals surface area (Å²) in [7, 11) is 1.50. The van der Waals surface area contributed by atoms with Crippen LogP contribution in [0.4, 0.5) is 11.4 Å². The molecule has 0 saturated heterocycles. The normalized spacial score (nSPS) is 10.0. The van der Waals surface area contributed by atoms with Crippen LogP contribution in [0.15, 0.2) is 47.4 Å². The van der Waals surface area contributed by atoms with Gasteiger partial charge in [0.2, 0.25) is 5.91 Å². The van der Waals surface area contributed by atoms with Gasteiger partial charge in [0, 0.05) is 23.9 Å². The molecule has 0 aliphatic rings. The highest BCUT2D eigenvalue weighted by atomic mass is 16.6. The van der Waals surface area contributed by atoms with Crippen LogP contribution >= 0.6 is 0 Å². The third kappa shape index (κ3) is 3.69. The average Bonchev–Trinajstić information content (AvgIpc) is 2.49. The van der Waals surface area contributed by atoms with Crippen LogP contribution in [0, 0.1) is 10.1 Å². The number of amides is 1. The number of nitrogens with zero attached hydrogens (tertiary/aromatic N) is 2. The number of hydrogen-bond donors (Lipinski definition) is 1. The van der Waals surface area contributed by atoms with Crippen molar-refractivity contribution >= 4 is 17.3 Å². The van der Waals surface area contributed by atoms with Gasteiger partial charge in [-0.05, 0) is 12.1 Å². The van der Waals surface area contributed by atoms with Gasteiger partial charge >= 0.3 is 0 Å². The van der Waals surface area contributed by atoms with E-state index in [0.717, 1.165) is 22.9 Å². The molecule has 1 heterocycles. The Balaban J connectivity index is 2.13. The number of rotatable bonds is 5. The Morgan fingerprint density at radius 3 is 2.82 bits per heavy atom. The molecule has 0 radical (unpaired) electrons. The summed E-state index contributed by atoms with van der Waals surface area (Å²) in [6.45, 7) is -0.322. The third-order valence-corrected chi connectivity index (χ3v) is 2.85. The molecule has 0 unspecified atom stereocenters. The molecule has 1 amide bonds. The molecule has 8 nitrogen and oxygen atoms in total. The van der Waals surface area contributed by atoms with Gasteiger partial charge in [0.05, 0.1) is 18.2 Å². The molecule has 0 aliphatic carbocycles. The lowest BCUT2D eigenvalue weighted by atomic mass is 10.3. The van der Waals surface area contributed by atoms with Crippen LogP contribution in [0.5, 0.6) is 5.75 Å². The van der Waals surface area contributed by atoms with Gasteiger partial charge < -0.3 is 10.1 Å². The van der Waals surface area contributed by atoms with Crippen molar-refractivity contribution in [3.8, 4) is 5.75 Å². The van der Waals surface area contributed by atoms with Crippen LogP contribution < -0.4 is 15.6 Å². The van der Waals surface area contributed by atoms with E-state index in [1.165, 1.54) is 7.11 Å². The van der Waals surface area contributed by atoms with Crippen LogP contribution in [-0.2, 0) is 11.3 Å². The highest BCUT2D eigenvalue weighted by Gasteiger charge is 2.11. The first-order valence-electron chi connectivity index (χ1n) is 6.28. The fourth-order valence-corrected chi connectivity index (χ4v) is 1.81. The van der Waals surface area contributed by atoms with Gasteiger partial charge in [-0.25, -0.2) is 0 Å². The van der Waals surface area contributed by atoms with Crippen molar-refractivity contribution in [2.45, 2.75) is 6.54 Å². The second-order valence-electron chi connectivity index (χ2n) is 4.39. The highest BCUT2D eigenvalue weighted by Crippen LogP contribution is 2.16. The summed E-state index contributed by atoms with van der Waals surface area (Å²) in [5.74, 6) is 0.0983. The fraction of sp³-hybridized carbons (Fsp3) is 0.143. The number of carbonyl (C=O) groups is 1. The van der Waals surface area contributed by atoms with Gasteiger partial charge in [-0.15, -0.1) is 0 Å². The number of pyridine rings is 1. The molecule has 0 saturated carbocycles. The van der Waals surface area contributed by atoms with Crippen molar-refractivity contribution in [3.05, 3.63) is 63.1 Å². The maximum atomic E-state index is 11.9. The van der Waals surface area contributed by atoms with Crippen molar-refractivity contribution in [2.24, 2.45) is 0 Å². The van der Waals surface area contributed by atoms with E-state index in [9.17, 15) is 19.7 Å². The lowest BCUT2D eigenvalue weighted by Gasteiger charge is -2.08. The number of nitrogens with one attached hydrogen (secondary N) is 1. The van der Waals surface area contributed by atoms with Crippen molar-refractivity contribution in [1.82, 2.24) is 4.57 Å². The van der Waals surface area contributed by atoms with E-state index < -0.39 is 16.4 Å². The highest BCUT2D eigenvalue weighted by molar-refractivity contribution is 5.90. The Morgan fingerprint density at radius 2 is 2.14 bits per heavy atom. The predicted molar refractivity (Wildman–Crippen MR) is 79.0 cm³/mol. The quantitative estimate of drug-likeness (QED) is 0.664. The number of aromatic nitrogens is 1. The first kappa shape index (κ1) is 15.2. The van der Waals surface area contributed by atoms with E-state index in [1.54, 1.807) is 24.3 Å². The Morgan fingerprint density at radius 1 is 1.36 bits per heavy atom. The minimum atomic E-state index is -0.629. The molecule has 0 spiro atoms. The molecule has 2 aromatic rings. The van der Waals surface area contributed by atoms with E-state index >= 15 is 0 Å². The molecule has 1 aromatic heterocycles. The molecule has 0 atom stereocenters. The molecule has 8 heteroatoms. The number of anilines is 1. The first-order valence-corrected chi connectivity index (χ1v) is 6.28. The summed E-state index contributed by atoms with van der Waals surface area (Å²) in [5, 5.41) is 13.3. The number of methoxy groups -OCH3 is 1. The molecule has 22 heavy (non-hydrogen) atoms. The van der Waals surface area contributed by atoms with E-state index in [-0.39, 0.29) is 12.2 Å². The monoisotopic (exact) mass is 303 g/mol. The Hall–Kier alpha value is -3.16. The minimum absolute atomic E-state index is 0.256. The molecule has 0 bridgehead atoms. The molecule has 0 fully saturated rings. The molecular formula is C14H13N3O5. The maximum Gasteiger partial charge on any atom is 0.285 e. The number of benzene rings is 1. The minimum Gasteiger partial charge on any atom is -0.497 e. The van der Waals surface area contributed by atoms with Crippen LogP contribution in [0.2, 0.25) is 0 Å².